The van der Waals surface area contributed by atoms with Gasteiger partial charge in [0.1, 0.15) is 0 Å². The zero-order valence-corrected chi connectivity index (χ0v) is 11.8. The lowest BCUT2D eigenvalue weighted by atomic mass is 10.2. The third-order valence-electron chi connectivity index (χ3n) is 3.25. The van der Waals surface area contributed by atoms with Crippen LogP contribution in [-0.4, -0.2) is 54.9 Å². The number of amides is 2. The minimum absolute atomic E-state index is 0.628. The monoisotopic (exact) mass is 276 g/mol. The number of anilines is 1. The number of rotatable bonds is 2. The number of nitrogens with one attached hydrogen (secondary N) is 2. The van der Waals surface area contributed by atoms with Crippen molar-refractivity contribution in [2.75, 3.05) is 38.5 Å². The third-order valence-corrected chi connectivity index (χ3v) is 3.25. The van der Waals surface area contributed by atoms with Crippen LogP contribution in [-0.2, 0) is 9.59 Å². The van der Waals surface area contributed by atoms with Gasteiger partial charge in [0.15, 0.2) is 0 Å². The van der Waals surface area contributed by atoms with Crippen LogP contribution in [0, 0.1) is 6.92 Å². The van der Waals surface area contributed by atoms with E-state index in [1.165, 1.54) is 0 Å². The maximum atomic E-state index is 11.8. The van der Waals surface area contributed by atoms with E-state index < -0.39 is 11.8 Å². The van der Waals surface area contributed by atoms with Crippen molar-refractivity contribution >= 4 is 17.5 Å². The van der Waals surface area contributed by atoms with Crippen LogP contribution in [0.1, 0.15) is 5.56 Å². The zero-order valence-electron chi connectivity index (χ0n) is 11.8. The lowest BCUT2D eigenvalue weighted by molar-refractivity contribution is -0.139. The number of carbonyl (C=O) groups excluding carboxylic acids is 2. The molecule has 0 unspecified atom stereocenters. The number of hydrazine groups is 1. The Kier molecular flexibility index (Phi) is 4.70. The summed E-state index contributed by atoms with van der Waals surface area (Å²) in [5, 5.41) is 4.37. The van der Waals surface area contributed by atoms with Crippen molar-refractivity contribution in [2.24, 2.45) is 0 Å². The number of piperazine rings is 1. The second kappa shape index (κ2) is 6.49. The SMILES string of the molecule is Cc1cccc(NC(=O)C(=O)NN2CCN(C)CC2)c1. The van der Waals surface area contributed by atoms with Crippen molar-refractivity contribution in [2.45, 2.75) is 6.92 Å². The Hall–Kier alpha value is -1.92. The van der Waals surface area contributed by atoms with Crippen LogP contribution in [0.3, 0.4) is 0 Å². The van der Waals surface area contributed by atoms with E-state index in [1.54, 1.807) is 11.1 Å². The van der Waals surface area contributed by atoms with Crippen molar-refractivity contribution in [3.8, 4) is 0 Å². The largest absolute Gasteiger partial charge is 0.323 e. The van der Waals surface area contributed by atoms with Crippen molar-refractivity contribution in [1.82, 2.24) is 15.3 Å². The average Bonchev–Trinajstić information content (AvgIpc) is 2.41. The first kappa shape index (κ1) is 14.5. The van der Waals surface area contributed by atoms with Crippen molar-refractivity contribution in [3.63, 3.8) is 0 Å². The second-order valence-corrected chi connectivity index (χ2v) is 5.05. The molecule has 0 aliphatic carbocycles. The molecule has 1 aliphatic rings. The first-order valence-electron chi connectivity index (χ1n) is 6.67. The molecule has 108 valence electrons. The highest BCUT2D eigenvalue weighted by Gasteiger charge is 2.20. The van der Waals surface area contributed by atoms with E-state index in [4.69, 9.17) is 0 Å². The fraction of sp³-hybridized carbons (Fsp3) is 0.429. The fourth-order valence-corrected chi connectivity index (χ4v) is 2.02. The summed E-state index contributed by atoms with van der Waals surface area (Å²) in [5.74, 6) is -1.27. The van der Waals surface area contributed by atoms with Crippen molar-refractivity contribution in [1.29, 1.82) is 0 Å². The third kappa shape index (κ3) is 4.04. The Labute approximate surface area is 118 Å². The van der Waals surface area contributed by atoms with Gasteiger partial charge in [0.25, 0.3) is 0 Å². The molecule has 0 spiro atoms. The molecule has 1 heterocycles. The first-order valence-corrected chi connectivity index (χ1v) is 6.67. The summed E-state index contributed by atoms with van der Waals surface area (Å²) in [5.41, 5.74) is 4.29. The van der Waals surface area contributed by atoms with Gasteiger partial charge in [-0.3, -0.25) is 15.0 Å². The van der Waals surface area contributed by atoms with Gasteiger partial charge in [-0.05, 0) is 31.7 Å². The van der Waals surface area contributed by atoms with Crippen LogP contribution in [0.15, 0.2) is 24.3 Å². The molecule has 6 heteroatoms. The molecule has 1 aliphatic heterocycles. The molecule has 1 aromatic carbocycles. The number of aryl methyl sites for hydroxylation is 1. The summed E-state index contributed by atoms with van der Waals surface area (Å²) >= 11 is 0. The fourth-order valence-electron chi connectivity index (χ4n) is 2.02. The van der Waals surface area contributed by atoms with Gasteiger partial charge in [-0.15, -0.1) is 0 Å². The van der Waals surface area contributed by atoms with E-state index in [1.807, 2.05) is 32.2 Å². The molecule has 1 fully saturated rings. The summed E-state index contributed by atoms with van der Waals surface area (Å²) in [6, 6.07) is 7.35. The summed E-state index contributed by atoms with van der Waals surface area (Å²) in [6.07, 6.45) is 0. The highest BCUT2D eigenvalue weighted by molar-refractivity contribution is 6.39. The summed E-state index contributed by atoms with van der Waals surface area (Å²) in [6.45, 7) is 5.12. The molecule has 2 amide bonds. The quantitative estimate of drug-likeness (QED) is 0.758. The topological polar surface area (TPSA) is 64.7 Å². The number of hydrogen-bond donors (Lipinski definition) is 2. The van der Waals surface area contributed by atoms with E-state index >= 15 is 0 Å². The molecular weight excluding hydrogens is 256 g/mol. The molecule has 2 N–H and O–H groups in total. The predicted octanol–water partition coefficient (Wildman–Crippen LogP) is 0.212. The number of carbonyl (C=O) groups is 2. The van der Waals surface area contributed by atoms with Gasteiger partial charge >= 0.3 is 11.8 Å². The summed E-state index contributed by atoms with van der Waals surface area (Å²) in [4.78, 5) is 25.8. The van der Waals surface area contributed by atoms with Gasteiger partial charge in [-0.1, -0.05) is 12.1 Å². The number of hydrogen-bond acceptors (Lipinski definition) is 4. The molecule has 6 nitrogen and oxygen atoms in total. The standard InChI is InChI=1S/C14H20N4O2/c1-11-4-3-5-12(10-11)15-13(19)14(20)16-18-8-6-17(2)7-9-18/h3-5,10H,6-9H2,1-2H3,(H,15,19)(H,16,20). The Morgan fingerprint density at radius 3 is 2.45 bits per heavy atom. The van der Waals surface area contributed by atoms with Gasteiger partial charge in [0.05, 0.1) is 0 Å². The van der Waals surface area contributed by atoms with Gasteiger partial charge in [0.2, 0.25) is 0 Å². The lowest BCUT2D eigenvalue weighted by Gasteiger charge is -2.32. The van der Waals surface area contributed by atoms with Gasteiger partial charge < -0.3 is 10.2 Å². The molecular formula is C14H20N4O2. The lowest BCUT2D eigenvalue weighted by Crippen LogP contribution is -2.54. The smallest absolute Gasteiger partial charge is 0.318 e. The minimum Gasteiger partial charge on any atom is -0.318 e. The van der Waals surface area contributed by atoms with E-state index in [0.29, 0.717) is 5.69 Å². The maximum Gasteiger partial charge on any atom is 0.323 e. The van der Waals surface area contributed by atoms with Gasteiger partial charge in [0, 0.05) is 31.9 Å². The Balaban J connectivity index is 1.84. The van der Waals surface area contributed by atoms with Gasteiger partial charge in [-0.2, -0.15) is 0 Å². The molecule has 0 radical (unpaired) electrons. The Morgan fingerprint density at radius 1 is 1.10 bits per heavy atom. The van der Waals surface area contributed by atoms with E-state index in [2.05, 4.69) is 15.6 Å². The minimum atomic E-state index is -0.644. The molecule has 0 aromatic heterocycles. The molecule has 0 atom stereocenters. The molecule has 0 bridgehead atoms. The normalized spacial score (nSPS) is 16.7. The van der Waals surface area contributed by atoms with Crippen molar-refractivity contribution < 1.29 is 9.59 Å². The van der Waals surface area contributed by atoms with Crippen LogP contribution in [0.5, 0.6) is 0 Å². The van der Waals surface area contributed by atoms with Crippen molar-refractivity contribution in [3.05, 3.63) is 29.8 Å². The molecule has 1 aromatic rings. The van der Waals surface area contributed by atoms with Crippen LogP contribution >= 0.6 is 0 Å². The average molecular weight is 276 g/mol. The number of nitrogens with zero attached hydrogens (tertiary/aromatic N) is 2. The highest BCUT2D eigenvalue weighted by atomic mass is 16.2. The summed E-state index contributed by atoms with van der Waals surface area (Å²) < 4.78 is 0. The van der Waals surface area contributed by atoms with Crippen LogP contribution in [0.2, 0.25) is 0 Å². The number of benzene rings is 1. The van der Waals surface area contributed by atoms with E-state index in [9.17, 15) is 9.59 Å². The zero-order chi connectivity index (χ0) is 14.5. The maximum absolute atomic E-state index is 11.8. The van der Waals surface area contributed by atoms with Gasteiger partial charge in [-0.25, -0.2) is 5.01 Å². The summed E-state index contributed by atoms with van der Waals surface area (Å²) in [7, 11) is 2.03. The van der Waals surface area contributed by atoms with E-state index in [-0.39, 0.29) is 0 Å². The Morgan fingerprint density at radius 2 is 1.80 bits per heavy atom. The predicted molar refractivity (Wildman–Crippen MR) is 77.0 cm³/mol. The first-order chi connectivity index (χ1) is 9.54. The van der Waals surface area contributed by atoms with Crippen LogP contribution in [0.4, 0.5) is 5.69 Å². The Bertz CT molecular complexity index is 496. The molecule has 20 heavy (non-hydrogen) atoms. The second-order valence-electron chi connectivity index (χ2n) is 5.05. The highest BCUT2D eigenvalue weighted by Crippen LogP contribution is 2.09. The molecule has 1 saturated heterocycles. The molecule has 0 saturated carbocycles. The number of likely N-dealkylation sites (N-methyl/N-ethyl adjacent to an activating group) is 1. The van der Waals surface area contributed by atoms with Crippen LogP contribution in [0.25, 0.3) is 0 Å². The van der Waals surface area contributed by atoms with Crippen LogP contribution < -0.4 is 10.7 Å². The molecule has 2 rings (SSSR count). The van der Waals surface area contributed by atoms with E-state index in [0.717, 1.165) is 31.7 Å².